The van der Waals surface area contributed by atoms with Gasteiger partial charge in [-0.15, -0.1) is 0 Å². The summed E-state index contributed by atoms with van der Waals surface area (Å²) in [7, 11) is 0. The number of rotatable bonds is 2. The summed E-state index contributed by atoms with van der Waals surface area (Å²) >= 11 is 0. The van der Waals surface area contributed by atoms with Crippen molar-refractivity contribution in [1.29, 1.82) is 0 Å². The number of aliphatic hydroxyl groups is 1. The highest BCUT2D eigenvalue weighted by Crippen LogP contribution is 2.43. The number of benzene rings is 1. The maximum absolute atomic E-state index is 11.0. The Bertz CT molecular complexity index is 451. The molecular weight excluding hydrogens is 232 g/mol. The lowest BCUT2D eigenvalue weighted by atomic mass is 9.71. The van der Waals surface area contributed by atoms with Crippen LogP contribution >= 0.6 is 0 Å². The molecule has 1 heteroatoms. The summed E-state index contributed by atoms with van der Waals surface area (Å²) < 4.78 is 0. The number of hydrogen-bond acceptors (Lipinski definition) is 1. The molecule has 1 aromatic carbocycles. The third-order valence-electron chi connectivity index (χ3n) is 5.14. The molecule has 2 rings (SSSR count). The van der Waals surface area contributed by atoms with Crippen LogP contribution in [0.1, 0.15) is 61.8 Å². The van der Waals surface area contributed by atoms with Crippen LogP contribution in [0.25, 0.3) is 0 Å². The van der Waals surface area contributed by atoms with Crippen molar-refractivity contribution in [3.8, 4) is 0 Å². The van der Waals surface area contributed by atoms with Crippen LogP contribution in [0.2, 0.25) is 0 Å². The van der Waals surface area contributed by atoms with E-state index in [4.69, 9.17) is 0 Å². The molecule has 106 valence electrons. The van der Waals surface area contributed by atoms with Crippen LogP contribution < -0.4 is 0 Å². The standard InChI is InChI=1S/C18H28O/c1-12(2)16-6-8-18(19,9-7-16)17-11-14(4)13(3)10-15(17)5/h10-12,16,19H,6-9H2,1-5H3. The molecule has 0 unspecified atom stereocenters. The molecule has 1 N–H and O–H groups in total. The van der Waals surface area contributed by atoms with Gasteiger partial charge in [0.2, 0.25) is 0 Å². The Balaban J connectivity index is 2.25. The van der Waals surface area contributed by atoms with Gasteiger partial charge in [-0.3, -0.25) is 0 Å². The van der Waals surface area contributed by atoms with Crippen LogP contribution in [0, 0.1) is 32.6 Å². The van der Waals surface area contributed by atoms with Gasteiger partial charge < -0.3 is 5.11 Å². The molecule has 0 spiro atoms. The van der Waals surface area contributed by atoms with Crippen LogP contribution in [0.5, 0.6) is 0 Å². The summed E-state index contributed by atoms with van der Waals surface area (Å²) in [5, 5.41) is 11.0. The van der Waals surface area contributed by atoms with E-state index in [1.807, 2.05) is 0 Å². The highest BCUT2D eigenvalue weighted by atomic mass is 16.3. The molecule has 1 fully saturated rings. The SMILES string of the molecule is Cc1cc(C)c(C2(O)CCC(C(C)C)CC2)cc1C. The monoisotopic (exact) mass is 260 g/mol. The van der Waals surface area contributed by atoms with Crippen LogP contribution in [0.15, 0.2) is 12.1 Å². The van der Waals surface area contributed by atoms with E-state index in [1.54, 1.807) is 0 Å². The van der Waals surface area contributed by atoms with Gasteiger partial charge in [0.1, 0.15) is 0 Å². The molecular formula is C18H28O. The van der Waals surface area contributed by atoms with Gasteiger partial charge in [-0.2, -0.15) is 0 Å². The lowest BCUT2D eigenvalue weighted by Crippen LogP contribution is -2.33. The molecule has 0 heterocycles. The molecule has 0 atom stereocenters. The lowest BCUT2D eigenvalue weighted by Gasteiger charge is -2.39. The van der Waals surface area contributed by atoms with Crippen LogP contribution in [-0.4, -0.2) is 5.11 Å². The Kier molecular flexibility index (Phi) is 4.06. The second kappa shape index (κ2) is 5.28. The molecule has 1 saturated carbocycles. The van der Waals surface area contributed by atoms with Gasteiger partial charge in [0.15, 0.2) is 0 Å². The first-order chi connectivity index (χ1) is 8.83. The summed E-state index contributed by atoms with van der Waals surface area (Å²) in [6.45, 7) is 11.0. The van der Waals surface area contributed by atoms with Crippen LogP contribution in [-0.2, 0) is 5.60 Å². The summed E-state index contributed by atoms with van der Waals surface area (Å²) in [5.74, 6) is 1.53. The minimum Gasteiger partial charge on any atom is -0.385 e. The summed E-state index contributed by atoms with van der Waals surface area (Å²) in [6.07, 6.45) is 4.14. The predicted octanol–water partition coefficient (Wildman–Crippen LogP) is 4.65. The van der Waals surface area contributed by atoms with Crippen molar-refractivity contribution < 1.29 is 5.11 Å². The van der Waals surface area contributed by atoms with E-state index in [1.165, 1.54) is 16.7 Å². The summed E-state index contributed by atoms with van der Waals surface area (Å²) in [4.78, 5) is 0. The quantitative estimate of drug-likeness (QED) is 0.821. The first-order valence-corrected chi connectivity index (χ1v) is 7.64. The third kappa shape index (κ3) is 2.86. The molecule has 0 bridgehead atoms. The average Bonchev–Trinajstić information content (AvgIpc) is 2.34. The van der Waals surface area contributed by atoms with E-state index in [0.29, 0.717) is 0 Å². The zero-order valence-electron chi connectivity index (χ0n) is 13.1. The predicted molar refractivity (Wildman–Crippen MR) is 81.3 cm³/mol. The molecule has 0 radical (unpaired) electrons. The van der Waals surface area contributed by atoms with E-state index in [-0.39, 0.29) is 0 Å². The van der Waals surface area contributed by atoms with Gasteiger partial charge in [0.25, 0.3) is 0 Å². The first kappa shape index (κ1) is 14.6. The lowest BCUT2D eigenvalue weighted by molar-refractivity contribution is -0.0205. The van der Waals surface area contributed by atoms with Crippen molar-refractivity contribution in [2.75, 3.05) is 0 Å². The Morgan fingerprint density at radius 3 is 2.05 bits per heavy atom. The minimum absolute atomic E-state index is 0.589. The fraction of sp³-hybridized carbons (Fsp3) is 0.667. The topological polar surface area (TPSA) is 20.2 Å². The smallest absolute Gasteiger partial charge is 0.0899 e. The zero-order chi connectivity index (χ0) is 14.2. The highest BCUT2D eigenvalue weighted by Gasteiger charge is 2.36. The van der Waals surface area contributed by atoms with Gasteiger partial charge in [-0.1, -0.05) is 26.0 Å². The molecule has 1 aliphatic rings. The summed E-state index contributed by atoms with van der Waals surface area (Å²) in [5.41, 5.74) is 4.43. The van der Waals surface area contributed by atoms with Gasteiger partial charge in [-0.05, 0) is 80.5 Å². The fourth-order valence-corrected chi connectivity index (χ4v) is 3.52. The Morgan fingerprint density at radius 2 is 1.53 bits per heavy atom. The van der Waals surface area contributed by atoms with Crippen molar-refractivity contribution in [1.82, 2.24) is 0 Å². The van der Waals surface area contributed by atoms with Crippen molar-refractivity contribution in [3.05, 3.63) is 34.4 Å². The second-order valence-electron chi connectivity index (χ2n) is 6.86. The van der Waals surface area contributed by atoms with Crippen molar-refractivity contribution in [2.24, 2.45) is 11.8 Å². The Hall–Kier alpha value is -0.820. The minimum atomic E-state index is -0.589. The van der Waals surface area contributed by atoms with Gasteiger partial charge in [0.05, 0.1) is 5.60 Å². The van der Waals surface area contributed by atoms with Crippen molar-refractivity contribution >= 4 is 0 Å². The van der Waals surface area contributed by atoms with E-state index in [9.17, 15) is 5.11 Å². The van der Waals surface area contributed by atoms with Crippen molar-refractivity contribution in [2.45, 2.75) is 65.9 Å². The molecule has 19 heavy (non-hydrogen) atoms. The number of hydrogen-bond donors (Lipinski definition) is 1. The van der Waals surface area contributed by atoms with Gasteiger partial charge in [-0.25, -0.2) is 0 Å². The number of aryl methyl sites for hydroxylation is 3. The van der Waals surface area contributed by atoms with E-state index in [2.05, 4.69) is 46.8 Å². The maximum atomic E-state index is 11.0. The van der Waals surface area contributed by atoms with Crippen molar-refractivity contribution in [3.63, 3.8) is 0 Å². The molecule has 1 nitrogen and oxygen atoms in total. The maximum Gasteiger partial charge on any atom is 0.0899 e. The van der Waals surface area contributed by atoms with Crippen LogP contribution in [0.4, 0.5) is 0 Å². The first-order valence-electron chi connectivity index (χ1n) is 7.64. The third-order valence-corrected chi connectivity index (χ3v) is 5.14. The molecule has 1 aliphatic carbocycles. The van der Waals surface area contributed by atoms with Crippen LogP contribution in [0.3, 0.4) is 0 Å². The largest absolute Gasteiger partial charge is 0.385 e. The molecule has 0 aliphatic heterocycles. The molecule has 0 saturated heterocycles. The Labute approximate surface area is 118 Å². The molecule has 1 aromatic rings. The second-order valence-corrected chi connectivity index (χ2v) is 6.86. The van der Waals surface area contributed by atoms with E-state index < -0.39 is 5.60 Å². The normalized spacial score (nSPS) is 27.8. The van der Waals surface area contributed by atoms with Gasteiger partial charge in [0, 0.05) is 0 Å². The highest BCUT2D eigenvalue weighted by molar-refractivity contribution is 5.40. The average molecular weight is 260 g/mol. The fourth-order valence-electron chi connectivity index (χ4n) is 3.52. The van der Waals surface area contributed by atoms with E-state index in [0.717, 1.165) is 43.1 Å². The zero-order valence-corrected chi connectivity index (χ0v) is 13.1. The Morgan fingerprint density at radius 1 is 1.00 bits per heavy atom. The molecule has 0 amide bonds. The van der Waals surface area contributed by atoms with E-state index >= 15 is 0 Å². The summed E-state index contributed by atoms with van der Waals surface area (Å²) in [6, 6.07) is 4.43. The molecule has 0 aromatic heterocycles. The van der Waals surface area contributed by atoms with Gasteiger partial charge >= 0.3 is 0 Å².